The summed E-state index contributed by atoms with van der Waals surface area (Å²) in [5, 5.41) is 10.9. The highest BCUT2D eigenvalue weighted by molar-refractivity contribution is 5.83. The van der Waals surface area contributed by atoms with Gasteiger partial charge in [0.1, 0.15) is 6.54 Å². The minimum atomic E-state index is -0.962. The number of rotatable bonds is 6. The average molecular weight is 306 g/mol. The first-order valence-electron chi connectivity index (χ1n) is 7.29. The molecule has 0 bridgehead atoms. The molecule has 1 fully saturated rings. The number of hydrazine groups is 1. The molecule has 0 aromatic heterocycles. The fraction of sp³-hybridized carbons (Fsp3) is 0.467. The van der Waals surface area contributed by atoms with Crippen LogP contribution in [-0.4, -0.2) is 73.2 Å². The summed E-state index contributed by atoms with van der Waals surface area (Å²) < 4.78 is 0. The number of hydrogen-bond donors (Lipinski definition) is 2. The molecular weight excluding hydrogens is 284 g/mol. The Morgan fingerprint density at radius 3 is 2.36 bits per heavy atom. The highest BCUT2D eigenvalue weighted by Crippen LogP contribution is 2.12. The van der Waals surface area contributed by atoms with Crippen molar-refractivity contribution in [1.29, 1.82) is 0 Å². The molecule has 22 heavy (non-hydrogen) atoms. The number of nitrogens with zero attached hydrogens (tertiary/aromatic N) is 3. The predicted molar refractivity (Wildman–Crippen MR) is 83.5 cm³/mol. The zero-order valence-corrected chi connectivity index (χ0v) is 12.7. The molecule has 0 radical (unpaired) electrons. The summed E-state index contributed by atoms with van der Waals surface area (Å²) in [6, 6.07) is 9.09. The van der Waals surface area contributed by atoms with Crippen molar-refractivity contribution in [3.8, 4) is 0 Å². The second-order valence-corrected chi connectivity index (χ2v) is 5.41. The topological polar surface area (TPSA) is 76.1 Å². The first-order valence-corrected chi connectivity index (χ1v) is 7.29. The van der Waals surface area contributed by atoms with Crippen LogP contribution in [0.1, 0.15) is 0 Å². The quantitative estimate of drug-likeness (QED) is 0.762. The Labute approximate surface area is 130 Å². The maximum absolute atomic E-state index is 12.2. The third kappa shape index (κ3) is 5.01. The van der Waals surface area contributed by atoms with Crippen LogP contribution < -0.4 is 10.3 Å². The molecule has 1 aromatic rings. The maximum Gasteiger partial charge on any atom is 0.323 e. The number of aliphatic carboxylic acids is 1. The summed E-state index contributed by atoms with van der Waals surface area (Å²) >= 11 is 0. The number of nitrogens with one attached hydrogen (secondary N) is 1. The van der Waals surface area contributed by atoms with Gasteiger partial charge in [-0.15, -0.1) is 0 Å². The van der Waals surface area contributed by atoms with Gasteiger partial charge in [-0.3, -0.25) is 15.0 Å². The Kier molecular flexibility index (Phi) is 5.74. The largest absolute Gasteiger partial charge is 0.480 e. The van der Waals surface area contributed by atoms with Crippen molar-refractivity contribution in [2.75, 3.05) is 51.2 Å². The minimum Gasteiger partial charge on any atom is -0.480 e. The molecule has 1 amide bonds. The molecule has 1 saturated heterocycles. The monoisotopic (exact) mass is 306 g/mol. The molecule has 1 aromatic carbocycles. The summed E-state index contributed by atoms with van der Waals surface area (Å²) in [7, 11) is 2.04. The lowest BCUT2D eigenvalue weighted by atomic mass is 10.3. The molecule has 0 atom stereocenters. The van der Waals surface area contributed by atoms with Gasteiger partial charge in [0, 0.05) is 31.9 Å². The summed E-state index contributed by atoms with van der Waals surface area (Å²) in [4.78, 5) is 26.9. The number of benzene rings is 1. The zero-order chi connectivity index (χ0) is 15.9. The zero-order valence-electron chi connectivity index (χ0n) is 12.7. The van der Waals surface area contributed by atoms with Crippen LogP contribution in [0.25, 0.3) is 0 Å². The van der Waals surface area contributed by atoms with Gasteiger partial charge in [-0.1, -0.05) is 18.2 Å². The fourth-order valence-corrected chi connectivity index (χ4v) is 2.34. The van der Waals surface area contributed by atoms with E-state index in [1.165, 1.54) is 0 Å². The number of hydrogen-bond acceptors (Lipinski definition) is 5. The van der Waals surface area contributed by atoms with Crippen molar-refractivity contribution in [3.05, 3.63) is 30.3 Å². The number of para-hydroxylation sites is 1. The summed E-state index contributed by atoms with van der Waals surface area (Å²) in [5.74, 6) is -1.16. The lowest BCUT2D eigenvalue weighted by Crippen LogP contribution is -2.54. The van der Waals surface area contributed by atoms with E-state index in [9.17, 15) is 9.59 Å². The Bertz CT molecular complexity index is 501. The van der Waals surface area contributed by atoms with Crippen LogP contribution in [0.15, 0.2) is 30.3 Å². The van der Waals surface area contributed by atoms with Crippen LogP contribution in [0.4, 0.5) is 5.69 Å². The third-order valence-electron chi connectivity index (χ3n) is 3.57. The van der Waals surface area contributed by atoms with E-state index in [1.54, 1.807) is 17.0 Å². The number of likely N-dealkylation sites (N-methyl/N-ethyl adjacent to an activating group) is 1. The number of piperazine rings is 1. The molecule has 1 heterocycles. The number of carbonyl (C=O) groups excluding carboxylic acids is 1. The normalized spacial score (nSPS) is 16.2. The van der Waals surface area contributed by atoms with Gasteiger partial charge < -0.3 is 14.9 Å². The Balaban J connectivity index is 1.92. The Morgan fingerprint density at radius 1 is 1.14 bits per heavy atom. The van der Waals surface area contributed by atoms with Crippen LogP contribution >= 0.6 is 0 Å². The molecule has 7 nitrogen and oxygen atoms in total. The highest BCUT2D eigenvalue weighted by atomic mass is 16.4. The van der Waals surface area contributed by atoms with Crippen molar-refractivity contribution in [1.82, 2.24) is 15.3 Å². The van der Waals surface area contributed by atoms with Crippen molar-refractivity contribution in [3.63, 3.8) is 0 Å². The molecule has 2 N–H and O–H groups in total. The van der Waals surface area contributed by atoms with Crippen LogP contribution in [0, 0.1) is 0 Å². The average Bonchev–Trinajstić information content (AvgIpc) is 2.49. The summed E-state index contributed by atoms with van der Waals surface area (Å²) in [5.41, 5.74) is 3.57. The van der Waals surface area contributed by atoms with E-state index in [0.717, 1.165) is 31.9 Å². The molecule has 120 valence electrons. The first-order chi connectivity index (χ1) is 10.5. The van der Waals surface area contributed by atoms with Crippen LogP contribution in [0.2, 0.25) is 0 Å². The van der Waals surface area contributed by atoms with Gasteiger partial charge in [0.15, 0.2) is 0 Å². The lowest BCUT2D eigenvalue weighted by molar-refractivity contribution is -0.135. The lowest BCUT2D eigenvalue weighted by Gasteiger charge is -2.33. The van der Waals surface area contributed by atoms with Crippen molar-refractivity contribution in [2.24, 2.45) is 0 Å². The van der Waals surface area contributed by atoms with Crippen LogP contribution in [0.5, 0.6) is 0 Å². The minimum absolute atomic E-state index is 0.0165. The number of carboxylic acid groups (broad SMARTS) is 1. The second-order valence-electron chi connectivity index (χ2n) is 5.41. The molecule has 1 aliphatic rings. The predicted octanol–water partition coefficient (Wildman–Crippen LogP) is -0.144. The second kappa shape index (κ2) is 7.77. The van der Waals surface area contributed by atoms with Gasteiger partial charge in [-0.25, -0.2) is 5.01 Å². The molecule has 0 aliphatic carbocycles. The third-order valence-corrected chi connectivity index (χ3v) is 3.57. The van der Waals surface area contributed by atoms with Gasteiger partial charge in [0.2, 0.25) is 0 Å². The Hall–Kier alpha value is -2.12. The van der Waals surface area contributed by atoms with E-state index >= 15 is 0 Å². The van der Waals surface area contributed by atoms with Crippen LogP contribution in [-0.2, 0) is 9.59 Å². The maximum atomic E-state index is 12.2. The molecule has 2 rings (SSSR count). The van der Waals surface area contributed by atoms with Gasteiger partial charge in [0.05, 0.1) is 6.54 Å². The van der Waals surface area contributed by atoms with E-state index in [4.69, 9.17) is 5.11 Å². The summed E-state index contributed by atoms with van der Waals surface area (Å²) in [6.45, 7) is 3.15. The standard InChI is InChI=1S/C15H22N4O3/c1-17-7-9-19(10-8-17)16-14(20)11-18(12-15(21)22)13-5-3-2-4-6-13/h2-6H,7-12H2,1H3,(H,16,20)(H,21,22). The van der Waals surface area contributed by atoms with Gasteiger partial charge in [-0.05, 0) is 19.2 Å². The van der Waals surface area contributed by atoms with Gasteiger partial charge in [-0.2, -0.15) is 0 Å². The van der Waals surface area contributed by atoms with Crippen molar-refractivity contribution >= 4 is 17.6 Å². The molecule has 7 heteroatoms. The van der Waals surface area contributed by atoms with E-state index < -0.39 is 5.97 Å². The van der Waals surface area contributed by atoms with E-state index in [-0.39, 0.29) is 19.0 Å². The Morgan fingerprint density at radius 2 is 1.77 bits per heavy atom. The molecule has 1 aliphatic heterocycles. The number of carboxylic acids is 1. The number of amides is 1. The molecule has 0 saturated carbocycles. The smallest absolute Gasteiger partial charge is 0.323 e. The SMILES string of the molecule is CN1CCN(NC(=O)CN(CC(=O)O)c2ccccc2)CC1. The van der Waals surface area contributed by atoms with E-state index in [2.05, 4.69) is 10.3 Å². The van der Waals surface area contributed by atoms with Crippen LogP contribution in [0.3, 0.4) is 0 Å². The summed E-state index contributed by atoms with van der Waals surface area (Å²) in [6.07, 6.45) is 0. The van der Waals surface area contributed by atoms with Gasteiger partial charge >= 0.3 is 5.97 Å². The number of anilines is 1. The first kappa shape index (κ1) is 16.3. The number of carbonyl (C=O) groups is 2. The van der Waals surface area contributed by atoms with Crippen molar-refractivity contribution in [2.45, 2.75) is 0 Å². The molecular formula is C15H22N4O3. The van der Waals surface area contributed by atoms with E-state index in [1.807, 2.05) is 30.3 Å². The van der Waals surface area contributed by atoms with Crippen molar-refractivity contribution < 1.29 is 14.7 Å². The molecule has 0 spiro atoms. The molecule has 0 unspecified atom stereocenters. The highest BCUT2D eigenvalue weighted by Gasteiger charge is 2.19. The van der Waals surface area contributed by atoms with E-state index in [0.29, 0.717) is 0 Å². The fourth-order valence-electron chi connectivity index (χ4n) is 2.34. The van der Waals surface area contributed by atoms with Gasteiger partial charge in [0.25, 0.3) is 5.91 Å².